The Labute approximate surface area is 247 Å². The van der Waals surface area contributed by atoms with Gasteiger partial charge in [-0.25, -0.2) is 0 Å². The van der Waals surface area contributed by atoms with Crippen LogP contribution in [0.4, 0.5) is 45.5 Å². The van der Waals surface area contributed by atoms with Crippen molar-refractivity contribution in [2.75, 3.05) is 15.1 Å². The Balaban J connectivity index is 1.25. The number of hydrogen-bond acceptors (Lipinski definition) is 4. The van der Waals surface area contributed by atoms with Gasteiger partial charge in [-0.05, 0) is 116 Å². The van der Waals surface area contributed by atoms with Gasteiger partial charge in [0.1, 0.15) is 0 Å². The highest BCUT2D eigenvalue weighted by atomic mass is 15.1. The first-order valence-corrected chi connectivity index (χ1v) is 13.9. The van der Waals surface area contributed by atoms with Crippen molar-refractivity contribution in [3.63, 3.8) is 0 Å². The highest BCUT2D eigenvalue weighted by Crippen LogP contribution is 2.37. The Bertz CT molecular complexity index is 1810. The molecule has 0 amide bonds. The molecule has 0 unspecified atom stereocenters. The lowest BCUT2D eigenvalue weighted by atomic mass is 10.1. The second-order valence-corrected chi connectivity index (χ2v) is 10.1. The Hall–Kier alpha value is -5.79. The standard InChI is InChI=1S/C38H30N4/c1-29-10-8-16-37(26-29)41(33-12-4-2-5-13-33)35-22-18-31(19-23-35)40-32-20-24-36(25-21-32)42(34-14-6-3-7-15-34)38-17-9-11-30(27-38)28-39/h2-27,40H,1H3. The van der Waals surface area contributed by atoms with Crippen LogP contribution < -0.4 is 15.1 Å². The summed E-state index contributed by atoms with van der Waals surface area (Å²) in [6.07, 6.45) is 0. The van der Waals surface area contributed by atoms with E-state index >= 15 is 0 Å². The highest BCUT2D eigenvalue weighted by molar-refractivity contribution is 5.80. The first-order valence-electron chi connectivity index (χ1n) is 13.9. The summed E-state index contributed by atoms with van der Waals surface area (Å²) < 4.78 is 0. The van der Waals surface area contributed by atoms with Crippen molar-refractivity contribution in [2.24, 2.45) is 0 Å². The van der Waals surface area contributed by atoms with Gasteiger partial charge in [-0.15, -0.1) is 0 Å². The van der Waals surface area contributed by atoms with Gasteiger partial charge in [-0.3, -0.25) is 0 Å². The van der Waals surface area contributed by atoms with Crippen molar-refractivity contribution in [1.82, 2.24) is 0 Å². The molecule has 6 aromatic carbocycles. The van der Waals surface area contributed by atoms with Crippen LogP contribution in [0.25, 0.3) is 0 Å². The fraction of sp³-hybridized carbons (Fsp3) is 0.0263. The number of benzene rings is 6. The lowest BCUT2D eigenvalue weighted by molar-refractivity contribution is 1.27. The Kier molecular flexibility index (Phi) is 7.65. The quantitative estimate of drug-likeness (QED) is 0.208. The second-order valence-electron chi connectivity index (χ2n) is 10.1. The van der Waals surface area contributed by atoms with Crippen LogP contribution in [0.5, 0.6) is 0 Å². The number of anilines is 8. The molecular weight excluding hydrogens is 512 g/mol. The van der Waals surface area contributed by atoms with Crippen LogP contribution in [0.3, 0.4) is 0 Å². The van der Waals surface area contributed by atoms with Crippen LogP contribution in [0.15, 0.2) is 158 Å². The molecule has 202 valence electrons. The molecule has 6 rings (SSSR count). The topological polar surface area (TPSA) is 42.3 Å². The summed E-state index contributed by atoms with van der Waals surface area (Å²) >= 11 is 0. The fourth-order valence-corrected chi connectivity index (χ4v) is 5.08. The van der Waals surface area contributed by atoms with Gasteiger partial charge >= 0.3 is 0 Å². The van der Waals surface area contributed by atoms with Gasteiger partial charge in [0.05, 0.1) is 11.6 Å². The second kappa shape index (κ2) is 12.2. The summed E-state index contributed by atoms with van der Waals surface area (Å²) in [7, 11) is 0. The summed E-state index contributed by atoms with van der Waals surface area (Å²) in [6.45, 7) is 2.12. The molecule has 0 saturated carbocycles. The molecule has 6 aromatic rings. The van der Waals surface area contributed by atoms with Gasteiger partial charge in [0, 0.05) is 45.5 Å². The average Bonchev–Trinajstić information content (AvgIpc) is 3.04. The minimum absolute atomic E-state index is 0.628. The van der Waals surface area contributed by atoms with E-state index < -0.39 is 0 Å². The molecule has 0 aliphatic carbocycles. The van der Waals surface area contributed by atoms with E-state index in [4.69, 9.17) is 0 Å². The lowest BCUT2D eigenvalue weighted by Gasteiger charge is -2.26. The Morgan fingerprint density at radius 2 is 0.881 bits per heavy atom. The molecule has 0 aliphatic heterocycles. The van der Waals surface area contributed by atoms with Gasteiger partial charge in [0.15, 0.2) is 0 Å². The number of nitrogens with one attached hydrogen (secondary N) is 1. The first kappa shape index (κ1) is 26.4. The average molecular weight is 543 g/mol. The smallest absolute Gasteiger partial charge is 0.0992 e. The van der Waals surface area contributed by atoms with E-state index in [1.54, 1.807) is 0 Å². The monoisotopic (exact) mass is 542 g/mol. The normalized spacial score (nSPS) is 10.5. The van der Waals surface area contributed by atoms with Crippen LogP contribution in [0.1, 0.15) is 11.1 Å². The Morgan fingerprint density at radius 3 is 1.36 bits per heavy atom. The van der Waals surface area contributed by atoms with E-state index in [1.807, 2.05) is 48.5 Å². The van der Waals surface area contributed by atoms with E-state index in [2.05, 4.69) is 137 Å². The molecule has 0 fully saturated rings. The first-order chi connectivity index (χ1) is 20.7. The molecule has 0 radical (unpaired) electrons. The summed E-state index contributed by atoms with van der Waals surface area (Å²) in [5.74, 6) is 0. The molecule has 4 heteroatoms. The number of aryl methyl sites for hydroxylation is 1. The molecule has 1 N–H and O–H groups in total. The molecular formula is C38H30N4. The highest BCUT2D eigenvalue weighted by Gasteiger charge is 2.14. The van der Waals surface area contributed by atoms with Crippen LogP contribution >= 0.6 is 0 Å². The maximum Gasteiger partial charge on any atom is 0.0992 e. The lowest BCUT2D eigenvalue weighted by Crippen LogP contribution is -2.10. The van der Waals surface area contributed by atoms with Gasteiger partial charge < -0.3 is 15.1 Å². The van der Waals surface area contributed by atoms with Crippen molar-refractivity contribution in [3.8, 4) is 6.07 Å². The van der Waals surface area contributed by atoms with E-state index in [1.165, 1.54) is 5.56 Å². The number of nitriles is 1. The molecule has 0 heterocycles. The third-order valence-electron chi connectivity index (χ3n) is 7.06. The third kappa shape index (κ3) is 5.86. The van der Waals surface area contributed by atoms with E-state index in [0.717, 1.165) is 45.5 Å². The molecule has 0 atom stereocenters. The number of nitrogens with zero attached hydrogens (tertiary/aromatic N) is 3. The molecule has 0 aliphatic rings. The predicted octanol–water partition coefficient (Wildman–Crippen LogP) is 10.5. The molecule has 0 spiro atoms. The number of rotatable bonds is 8. The van der Waals surface area contributed by atoms with Gasteiger partial charge in [-0.1, -0.05) is 54.6 Å². The van der Waals surface area contributed by atoms with E-state index in [0.29, 0.717) is 5.56 Å². The van der Waals surface area contributed by atoms with Crippen LogP contribution in [0.2, 0.25) is 0 Å². The summed E-state index contributed by atoms with van der Waals surface area (Å²) in [5, 5.41) is 13.0. The largest absolute Gasteiger partial charge is 0.356 e. The van der Waals surface area contributed by atoms with E-state index in [9.17, 15) is 5.26 Å². The van der Waals surface area contributed by atoms with Gasteiger partial charge in [0.2, 0.25) is 0 Å². The minimum atomic E-state index is 0.628. The zero-order valence-electron chi connectivity index (χ0n) is 23.4. The number of hydrogen-bond donors (Lipinski definition) is 1. The third-order valence-corrected chi connectivity index (χ3v) is 7.06. The van der Waals surface area contributed by atoms with Crippen molar-refractivity contribution >= 4 is 45.5 Å². The summed E-state index contributed by atoms with van der Waals surface area (Å²) in [5.41, 5.74) is 10.1. The van der Waals surface area contributed by atoms with Crippen LogP contribution in [-0.2, 0) is 0 Å². The maximum atomic E-state index is 9.46. The van der Waals surface area contributed by atoms with Crippen molar-refractivity contribution in [3.05, 3.63) is 169 Å². The van der Waals surface area contributed by atoms with Crippen molar-refractivity contribution in [1.29, 1.82) is 5.26 Å². The maximum absolute atomic E-state index is 9.46. The predicted molar refractivity (Wildman–Crippen MR) is 175 cm³/mol. The van der Waals surface area contributed by atoms with Gasteiger partial charge in [-0.2, -0.15) is 5.26 Å². The number of para-hydroxylation sites is 2. The van der Waals surface area contributed by atoms with Crippen molar-refractivity contribution < 1.29 is 0 Å². The minimum Gasteiger partial charge on any atom is -0.356 e. The molecule has 0 saturated heterocycles. The molecule has 0 aromatic heterocycles. The van der Waals surface area contributed by atoms with Crippen LogP contribution in [0, 0.1) is 18.3 Å². The van der Waals surface area contributed by atoms with E-state index in [-0.39, 0.29) is 0 Å². The van der Waals surface area contributed by atoms with Crippen molar-refractivity contribution in [2.45, 2.75) is 6.92 Å². The summed E-state index contributed by atoms with van der Waals surface area (Å²) in [6, 6.07) is 56.0. The zero-order valence-corrected chi connectivity index (χ0v) is 23.4. The Morgan fingerprint density at radius 1 is 0.452 bits per heavy atom. The summed E-state index contributed by atoms with van der Waals surface area (Å²) in [4.78, 5) is 4.42. The molecule has 4 nitrogen and oxygen atoms in total. The van der Waals surface area contributed by atoms with Gasteiger partial charge in [0.25, 0.3) is 0 Å². The zero-order chi connectivity index (χ0) is 28.7. The molecule has 42 heavy (non-hydrogen) atoms. The fourth-order valence-electron chi connectivity index (χ4n) is 5.08. The van der Waals surface area contributed by atoms with Crippen LogP contribution in [-0.4, -0.2) is 0 Å². The molecule has 0 bridgehead atoms. The SMILES string of the molecule is Cc1cccc(N(c2ccccc2)c2ccc(Nc3ccc(N(c4ccccc4)c4cccc(C#N)c4)cc3)cc2)c1.